The molecule has 1 atom stereocenters. The molecular weight excluding hydrogens is 210 g/mol. The fourth-order valence-corrected chi connectivity index (χ4v) is 1.82. The van der Waals surface area contributed by atoms with E-state index in [1.54, 1.807) is 7.11 Å². The van der Waals surface area contributed by atoms with E-state index in [0.29, 0.717) is 6.04 Å². The fraction of sp³-hybridized carbons (Fsp3) is 0.500. The summed E-state index contributed by atoms with van der Waals surface area (Å²) in [6.45, 7) is 2.16. The summed E-state index contributed by atoms with van der Waals surface area (Å²) in [6, 6.07) is 6.21. The molecule has 3 heteroatoms. The largest absolute Gasteiger partial charge is 0.496 e. The number of hydrogen-bond donors (Lipinski definition) is 1. The highest BCUT2D eigenvalue weighted by molar-refractivity contribution is 6.30. The fourth-order valence-electron chi connectivity index (χ4n) is 1.62. The van der Waals surface area contributed by atoms with E-state index < -0.39 is 0 Å². The molecule has 1 rings (SSSR count). The van der Waals surface area contributed by atoms with Crippen LogP contribution in [-0.4, -0.2) is 20.2 Å². The van der Waals surface area contributed by atoms with Crippen molar-refractivity contribution in [1.82, 2.24) is 5.32 Å². The lowest BCUT2D eigenvalue weighted by molar-refractivity contribution is 0.405. The zero-order valence-electron chi connectivity index (χ0n) is 9.51. The van der Waals surface area contributed by atoms with Crippen LogP contribution in [0.4, 0.5) is 0 Å². The molecule has 2 nitrogen and oxygen atoms in total. The van der Waals surface area contributed by atoms with Crippen molar-refractivity contribution in [1.29, 1.82) is 0 Å². The number of methoxy groups -OCH3 is 1. The van der Waals surface area contributed by atoms with Gasteiger partial charge in [-0.05, 0) is 43.7 Å². The first-order valence-corrected chi connectivity index (χ1v) is 5.58. The molecule has 0 spiro atoms. The van der Waals surface area contributed by atoms with Crippen LogP contribution in [0.2, 0.25) is 5.02 Å². The summed E-state index contributed by atoms with van der Waals surface area (Å²) in [5.41, 5.74) is 1.16. The molecule has 0 heterocycles. The maximum Gasteiger partial charge on any atom is 0.122 e. The van der Waals surface area contributed by atoms with Crippen LogP contribution in [0.25, 0.3) is 0 Å². The summed E-state index contributed by atoms with van der Waals surface area (Å²) in [6.07, 6.45) is 2.03. The molecule has 0 aliphatic carbocycles. The van der Waals surface area contributed by atoms with Gasteiger partial charge in [0.05, 0.1) is 7.11 Å². The van der Waals surface area contributed by atoms with Crippen LogP contribution in [-0.2, 0) is 6.42 Å². The minimum Gasteiger partial charge on any atom is -0.496 e. The van der Waals surface area contributed by atoms with Crippen molar-refractivity contribution in [3.63, 3.8) is 0 Å². The van der Waals surface area contributed by atoms with Gasteiger partial charge < -0.3 is 10.1 Å². The average molecular weight is 228 g/mol. The molecule has 1 N–H and O–H groups in total. The molecule has 1 unspecified atom stereocenters. The first-order chi connectivity index (χ1) is 7.21. The third-order valence-electron chi connectivity index (χ3n) is 2.61. The predicted molar refractivity (Wildman–Crippen MR) is 64.8 cm³/mol. The topological polar surface area (TPSA) is 21.3 Å². The van der Waals surface area contributed by atoms with Gasteiger partial charge in [0, 0.05) is 11.1 Å². The van der Waals surface area contributed by atoms with Crippen LogP contribution >= 0.6 is 11.6 Å². The number of nitrogens with one attached hydrogen (secondary N) is 1. The number of ether oxygens (including phenoxy) is 1. The normalized spacial score (nSPS) is 12.5. The van der Waals surface area contributed by atoms with E-state index in [0.717, 1.165) is 29.2 Å². The van der Waals surface area contributed by atoms with Crippen molar-refractivity contribution in [2.24, 2.45) is 0 Å². The molecule has 0 fully saturated rings. The molecule has 0 aliphatic rings. The van der Waals surface area contributed by atoms with E-state index in [2.05, 4.69) is 12.2 Å². The van der Waals surface area contributed by atoms with E-state index in [9.17, 15) is 0 Å². The third kappa shape index (κ3) is 3.40. The summed E-state index contributed by atoms with van der Waals surface area (Å²) in [7, 11) is 3.66. The Morgan fingerprint density at radius 3 is 2.73 bits per heavy atom. The minimum atomic E-state index is 0.470. The quantitative estimate of drug-likeness (QED) is 0.835. The zero-order chi connectivity index (χ0) is 11.3. The highest BCUT2D eigenvalue weighted by Crippen LogP contribution is 2.24. The van der Waals surface area contributed by atoms with Crippen LogP contribution in [0.15, 0.2) is 18.2 Å². The van der Waals surface area contributed by atoms with Gasteiger partial charge in [-0.15, -0.1) is 0 Å². The average Bonchev–Trinajstić information content (AvgIpc) is 2.26. The molecule has 84 valence electrons. The highest BCUT2D eigenvalue weighted by Gasteiger charge is 2.09. The summed E-state index contributed by atoms with van der Waals surface area (Å²) in [4.78, 5) is 0. The molecule has 1 aromatic carbocycles. The van der Waals surface area contributed by atoms with Gasteiger partial charge in [0.15, 0.2) is 0 Å². The lowest BCUT2D eigenvalue weighted by Crippen LogP contribution is -2.26. The van der Waals surface area contributed by atoms with Crippen molar-refractivity contribution >= 4 is 11.6 Å². The van der Waals surface area contributed by atoms with Crippen LogP contribution in [0.5, 0.6) is 5.75 Å². The molecule has 0 radical (unpaired) electrons. The SMILES string of the molecule is CCC(Cc1cc(Cl)ccc1OC)NC. The second-order valence-corrected chi connectivity index (χ2v) is 3.99. The van der Waals surface area contributed by atoms with E-state index in [4.69, 9.17) is 16.3 Å². The van der Waals surface area contributed by atoms with E-state index in [1.165, 1.54) is 0 Å². The van der Waals surface area contributed by atoms with Crippen LogP contribution < -0.4 is 10.1 Å². The molecule has 0 amide bonds. The van der Waals surface area contributed by atoms with Crippen LogP contribution in [0.1, 0.15) is 18.9 Å². The Hall–Kier alpha value is -0.730. The lowest BCUT2D eigenvalue weighted by atomic mass is 10.0. The Morgan fingerprint density at radius 1 is 1.47 bits per heavy atom. The summed E-state index contributed by atoms with van der Waals surface area (Å²) < 4.78 is 5.30. The molecule has 0 aromatic heterocycles. The molecule has 0 saturated heterocycles. The van der Waals surface area contributed by atoms with Gasteiger partial charge in [0.1, 0.15) is 5.75 Å². The molecule has 0 bridgehead atoms. The second-order valence-electron chi connectivity index (χ2n) is 3.55. The maximum absolute atomic E-state index is 5.97. The zero-order valence-corrected chi connectivity index (χ0v) is 10.3. The highest BCUT2D eigenvalue weighted by atomic mass is 35.5. The molecule has 0 saturated carbocycles. The summed E-state index contributed by atoms with van der Waals surface area (Å²) >= 11 is 5.97. The van der Waals surface area contributed by atoms with Crippen molar-refractivity contribution in [3.8, 4) is 5.75 Å². The summed E-state index contributed by atoms with van der Waals surface area (Å²) in [5, 5.41) is 4.03. The van der Waals surface area contributed by atoms with Gasteiger partial charge in [-0.1, -0.05) is 18.5 Å². The predicted octanol–water partition coefficient (Wildman–Crippen LogP) is 2.89. The Bertz CT molecular complexity index is 310. The second kappa shape index (κ2) is 5.99. The molecular formula is C12H18ClNO. The van der Waals surface area contributed by atoms with Crippen molar-refractivity contribution in [3.05, 3.63) is 28.8 Å². The Morgan fingerprint density at radius 2 is 2.20 bits per heavy atom. The lowest BCUT2D eigenvalue weighted by Gasteiger charge is -2.16. The monoisotopic (exact) mass is 227 g/mol. The number of benzene rings is 1. The van der Waals surface area contributed by atoms with E-state index >= 15 is 0 Å². The number of likely N-dealkylation sites (N-methyl/N-ethyl adjacent to an activating group) is 1. The first-order valence-electron chi connectivity index (χ1n) is 5.21. The molecule has 15 heavy (non-hydrogen) atoms. The van der Waals surface area contributed by atoms with E-state index in [-0.39, 0.29) is 0 Å². The van der Waals surface area contributed by atoms with Crippen LogP contribution in [0, 0.1) is 0 Å². The summed E-state index contributed by atoms with van der Waals surface area (Å²) in [5.74, 6) is 0.910. The van der Waals surface area contributed by atoms with Crippen LogP contribution in [0.3, 0.4) is 0 Å². The molecule has 0 aliphatic heterocycles. The Balaban J connectivity index is 2.86. The number of hydrogen-bond acceptors (Lipinski definition) is 2. The third-order valence-corrected chi connectivity index (χ3v) is 2.84. The van der Waals surface area contributed by atoms with Crippen molar-refractivity contribution in [2.75, 3.05) is 14.2 Å². The van der Waals surface area contributed by atoms with Crippen molar-refractivity contribution < 1.29 is 4.74 Å². The van der Waals surface area contributed by atoms with Gasteiger partial charge in [0.2, 0.25) is 0 Å². The van der Waals surface area contributed by atoms with Gasteiger partial charge in [-0.2, -0.15) is 0 Å². The standard InChI is InChI=1S/C12H18ClNO/c1-4-11(14-2)8-9-7-10(13)5-6-12(9)15-3/h5-7,11,14H,4,8H2,1-3H3. The number of halogens is 1. The van der Waals surface area contributed by atoms with Gasteiger partial charge in [0.25, 0.3) is 0 Å². The van der Waals surface area contributed by atoms with Gasteiger partial charge in [-0.25, -0.2) is 0 Å². The molecule has 1 aromatic rings. The Kier molecular flexibility index (Phi) is 4.92. The minimum absolute atomic E-state index is 0.470. The smallest absolute Gasteiger partial charge is 0.122 e. The van der Waals surface area contributed by atoms with E-state index in [1.807, 2.05) is 25.2 Å². The Labute approximate surface area is 96.6 Å². The number of rotatable bonds is 5. The van der Waals surface area contributed by atoms with Gasteiger partial charge in [-0.3, -0.25) is 0 Å². The first kappa shape index (κ1) is 12.3. The van der Waals surface area contributed by atoms with Gasteiger partial charge >= 0.3 is 0 Å². The maximum atomic E-state index is 5.97. The van der Waals surface area contributed by atoms with Crippen molar-refractivity contribution in [2.45, 2.75) is 25.8 Å².